The van der Waals surface area contributed by atoms with Gasteiger partial charge < -0.3 is 0 Å². The molecule has 36 heavy (non-hydrogen) atoms. The van der Waals surface area contributed by atoms with Crippen molar-refractivity contribution < 1.29 is 0 Å². The number of rotatable bonds is 12. The lowest BCUT2D eigenvalue weighted by molar-refractivity contribution is 0.344. The molecule has 2 heteroatoms. The summed E-state index contributed by atoms with van der Waals surface area (Å²) in [6.07, 6.45) is 14.0. The second kappa shape index (κ2) is 14.1. The maximum atomic E-state index is 4.82. The molecule has 1 aliphatic rings. The van der Waals surface area contributed by atoms with Crippen LogP contribution in [0, 0.1) is 18.8 Å². The van der Waals surface area contributed by atoms with Gasteiger partial charge in [0, 0.05) is 19.3 Å². The van der Waals surface area contributed by atoms with E-state index in [2.05, 4.69) is 102 Å². The van der Waals surface area contributed by atoms with E-state index in [0.29, 0.717) is 11.8 Å². The molecule has 0 bridgehead atoms. The monoisotopic (exact) mass is 484 g/mol. The largest absolute Gasteiger partial charge is 0.284 e. The number of hydrogen-bond donors (Lipinski definition) is 0. The lowest BCUT2D eigenvalue weighted by Gasteiger charge is -2.18. The molecule has 2 nitrogen and oxygen atoms in total. The van der Waals surface area contributed by atoms with Crippen LogP contribution in [0.4, 0.5) is 0 Å². The minimum absolute atomic E-state index is 0.603. The zero-order valence-electron chi connectivity index (χ0n) is 24.0. The summed E-state index contributed by atoms with van der Waals surface area (Å²) < 4.78 is 0. The molecule has 0 amide bonds. The van der Waals surface area contributed by atoms with Crippen molar-refractivity contribution in [3.63, 3.8) is 0 Å². The van der Waals surface area contributed by atoms with Crippen molar-refractivity contribution in [2.75, 3.05) is 19.8 Å². The van der Waals surface area contributed by atoms with Crippen LogP contribution in [-0.2, 0) is 6.42 Å². The minimum Gasteiger partial charge on any atom is -0.284 e. The van der Waals surface area contributed by atoms with Crippen LogP contribution in [0.25, 0.3) is 11.1 Å². The van der Waals surface area contributed by atoms with Gasteiger partial charge >= 0.3 is 0 Å². The summed E-state index contributed by atoms with van der Waals surface area (Å²) in [5.74, 6) is 1.26. The molecule has 1 heterocycles. The number of aliphatic imine (C=N–C) groups is 1. The Morgan fingerprint density at radius 3 is 2.42 bits per heavy atom. The van der Waals surface area contributed by atoms with E-state index < -0.39 is 0 Å². The van der Waals surface area contributed by atoms with Gasteiger partial charge in [0.15, 0.2) is 0 Å². The molecule has 1 unspecified atom stereocenters. The van der Waals surface area contributed by atoms with Gasteiger partial charge in [-0.25, -0.2) is 0 Å². The maximum absolute atomic E-state index is 4.82. The first-order chi connectivity index (χ1) is 17.1. The molecule has 0 aromatic heterocycles. The number of allylic oxidation sites excluding steroid dienone is 8. The Kier molecular flexibility index (Phi) is 11.6. The van der Waals surface area contributed by atoms with Crippen LogP contribution >= 0.6 is 0 Å². The fourth-order valence-electron chi connectivity index (χ4n) is 4.94. The smallest absolute Gasteiger partial charge is 0.0909 e. The molecule has 2 rings (SSSR count). The molecule has 1 fully saturated rings. The zero-order chi connectivity index (χ0) is 26.8. The number of likely N-dealkylation sites (tertiary alicyclic amines) is 1. The van der Waals surface area contributed by atoms with Gasteiger partial charge in [0.2, 0.25) is 0 Å². The third-order valence-corrected chi connectivity index (χ3v) is 7.13. The molecule has 0 aliphatic carbocycles. The van der Waals surface area contributed by atoms with Gasteiger partial charge in [-0.15, -0.1) is 6.58 Å². The van der Waals surface area contributed by atoms with E-state index in [1.54, 1.807) is 0 Å². The first-order valence-electron chi connectivity index (χ1n) is 13.5. The van der Waals surface area contributed by atoms with E-state index in [1.807, 2.05) is 13.8 Å². The van der Waals surface area contributed by atoms with Crippen LogP contribution in [0.15, 0.2) is 77.9 Å². The SMILES string of the molecule is C=CC1CCN(C/N=C\C(=C/C)c2cc(CCC(C)C)c(/C(C)=C/C(=C)/C(=C\C)C(=C)C)cc2C)C1. The Morgan fingerprint density at radius 2 is 1.86 bits per heavy atom. The Morgan fingerprint density at radius 1 is 1.14 bits per heavy atom. The third kappa shape index (κ3) is 8.17. The highest BCUT2D eigenvalue weighted by molar-refractivity contribution is 6.10. The highest BCUT2D eigenvalue weighted by atomic mass is 15.2. The summed E-state index contributed by atoms with van der Waals surface area (Å²) in [5.41, 5.74) is 10.9. The molecule has 1 atom stereocenters. The molecule has 0 radical (unpaired) electrons. The highest BCUT2D eigenvalue weighted by Crippen LogP contribution is 2.30. The summed E-state index contributed by atoms with van der Waals surface area (Å²) in [6, 6.07) is 4.75. The second-order valence-electron chi connectivity index (χ2n) is 10.7. The fourth-order valence-corrected chi connectivity index (χ4v) is 4.94. The Bertz CT molecular complexity index is 1070. The Hall–Kier alpha value is -2.71. The molecule has 1 aliphatic heterocycles. The zero-order valence-corrected chi connectivity index (χ0v) is 24.0. The van der Waals surface area contributed by atoms with Crippen molar-refractivity contribution in [3.8, 4) is 0 Å². The number of nitrogens with zero attached hydrogens (tertiary/aromatic N) is 2. The molecule has 1 aromatic rings. The van der Waals surface area contributed by atoms with Crippen molar-refractivity contribution in [1.29, 1.82) is 0 Å². The summed E-state index contributed by atoms with van der Waals surface area (Å²) in [4.78, 5) is 7.23. The van der Waals surface area contributed by atoms with Crippen LogP contribution < -0.4 is 0 Å². The van der Waals surface area contributed by atoms with Crippen molar-refractivity contribution in [1.82, 2.24) is 4.90 Å². The van der Waals surface area contributed by atoms with E-state index in [4.69, 9.17) is 4.99 Å². The molecule has 0 N–H and O–H groups in total. The summed E-state index contributed by atoms with van der Waals surface area (Å²) in [6.45, 7) is 30.5. The van der Waals surface area contributed by atoms with Gasteiger partial charge in [-0.1, -0.05) is 69.0 Å². The van der Waals surface area contributed by atoms with E-state index in [1.165, 1.54) is 39.8 Å². The van der Waals surface area contributed by atoms with E-state index in [0.717, 1.165) is 49.3 Å². The normalized spacial score (nSPS) is 17.9. The molecular weight excluding hydrogens is 436 g/mol. The topological polar surface area (TPSA) is 15.6 Å². The van der Waals surface area contributed by atoms with Crippen LogP contribution in [0.3, 0.4) is 0 Å². The highest BCUT2D eigenvalue weighted by Gasteiger charge is 2.19. The van der Waals surface area contributed by atoms with Gasteiger partial charge in [0.05, 0.1) is 6.67 Å². The molecule has 1 saturated heterocycles. The average Bonchev–Trinajstić information content (AvgIpc) is 3.29. The number of benzene rings is 1. The van der Waals surface area contributed by atoms with Crippen molar-refractivity contribution in [2.24, 2.45) is 16.8 Å². The molecular formula is C34H48N2. The van der Waals surface area contributed by atoms with Crippen molar-refractivity contribution in [3.05, 3.63) is 95.1 Å². The minimum atomic E-state index is 0.603. The standard InChI is InChI=1S/C34H48N2/c1-11-29-16-17-36(22-29)23-35-21-30(12-2)34-20-31(15-14-24(4)5)33(19-28(34)10)27(9)18-26(8)32(13-3)25(6)7/h11-13,18-21,24,29H,1,6,8,14-17,22-23H2,2-5,7,9-10H3/b27-18+,30-12+,32-13-,35-21-. The molecule has 0 saturated carbocycles. The maximum Gasteiger partial charge on any atom is 0.0909 e. The van der Waals surface area contributed by atoms with Crippen LogP contribution in [0.2, 0.25) is 0 Å². The average molecular weight is 485 g/mol. The molecule has 1 aromatic carbocycles. The lowest BCUT2D eigenvalue weighted by atomic mass is 9.87. The second-order valence-corrected chi connectivity index (χ2v) is 10.7. The summed E-state index contributed by atoms with van der Waals surface area (Å²) in [5, 5.41) is 0. The van der Waals surface area contributed by atoms with Crippen LogP contribution in [0.5, 0.6) is 0 Å². The fraction of sp³-hybridized carbons (Fsp3) is 0.441. The summed E-state index contributed by atoms with van der Waals surface area (Å²) >= 11 is 0. The van der Waals surface area contributed by atoms with E-state index >= 15 is 0 Å². The number of hydrogen-bond acceptors (Lipinski definition) is 2. The van der Waals surface area contributed by atoms with E-state index in [-0.39, 0.29) is 0 Å². The van der Waals surface area contributed by atoms with Gasteiger partial charge in [-0.2, -0.15) is 0 Å². The molecule has 0 spiro atoms. The van der Waals surface area contributed by atoms with Gasteiger partial charge in [0.25, 0.3) is 0 Å². The predicted molar refractivity (Wildman–Crippen MR) is 163 cm³/mol. The number of aryl methyl sites for hydroxylation is 2. The Balaban J connectivity index is 2.38. The first kappa shape index (κ1) is 29.5. The lowest BCUT2D eigenvalue weighted by Crippen LogP contribution is -2.20. The first-order valence-corrected chi connectivity index (χ1v) is 13.5. The third-order valence-electron chi connectivity index (χ3n) is 7.13. The van der Waals surface area contributed by atoms with Gasteiger partial charge in [-0.05, 0) is 110 Å². The quantitative estimate of drug-likeness (QED) is 0.164. The predicted octanol–water partition coefficient (Wildman–Crippen LogP) is 9.01. The van der Waals surface area contributed by atoms with Crippen LogP contribution in [-0.4, -0.2) is 30.9 Å². The molecule has 194 valence electrons. The summed E-state index contributed by atoms with van der Waals surface area (Å²) in [7, 11) is 0. The Labute approximate surface area is 221 Å². The van der Waals surface area contributed by atoms with E-state index in [9.17, 15) is 0 Å². The van der Waals surface area contributed by atoms with Crippen molar-refractivity contribution in [2.45, 2.75) is 67.7 Å². The van der Waals surface area contributed by atoms with Gasteiger partial charge in [0.1, 0.15) is 0 Å². The van der Waals surface area contributed by atoms with Crippen LogP contribution in [0.1, 0.15) is 76.6 Å². The van der Waals surface area contributed by atoms with Crippen molar-refractivity contribution >= 4 is 17.4 Å². The van der Waals surface area contributed by atoms with Gasteiger partial charge in [-0.3, -0.25) is 9.89 Å².